The summed E-state index contributed by atoms with van der Waals surface area (Å²) in [5.74, 6) is 2.39. The second-order valence-corrected chi connectivity index (χ2v) is 4.18. The fourth-order valence-electron chi connectivity index (χ4n) is 1.45. The van der Waals surface area contributed by atoms with E-state index < -0.39 is 0 Å². The molecule has 1 aromatic carbocycles. The molecular weight excluding hydrogens is 202 g/mol. The maximum Gasteiger partial charge on any atom is 0.142 e. The molecule has 0 aliphatic carbocycles. The minimum absolute atomic E-state index is 0.698. The Labute approximate surface area is 97.8 Å². The quantitative estimate of drug-likeness (QED) is 0.803. The van der Waals surface area contributed by atoms with Gasteiger partial charge >= 0.3 is 0 Å². The molecule has 0 aromatic heterocycles. The summed E-state index contributed by atoms with van der Waals surface area (Å²) < 4.78 is 10.5. The van der Waals surface area contributed by atoms with Crippen LogP contribution in [0.3, 0.4) is 0 Å². The molecule has 16 heavy (non-hydrogen) atoms. The Balaban J connectivity index is 2.67. The average molecular weight is 223 g/mol. The Morgan fingerprint density at radius 1 is 1.19 bits per heavy atom. The van der Waals surface area contributed by atoms with Crippen LogP contribution >= 0.6 is 0 Å². The molecule has 0 saturated heterocycles. The van der Waals surface area contributed by atoms with E-state index >= 15 is 0 Å². The summed E-state index contributed by atoms with van der Waals surface area (Å²) >= 11 is 0. The molecule has 0 aliphatic heterocycles. The Morgan fingerprint density at radius 3 is 2.50 bits per heavy atom. The van der Waals surface area contributed by atoms with Crippen LogP contribution in [-0.4, -0.2) is 20.8 Å². The molecule has 1 aromatic rings. The predicted octanol–water partition coefficient (Wildman–Crippen LogP) is 3.16. The van der Waals surface area contributed by atoms with E-state index in [1.165, 1.54) is 0 Å². The van der Waals surface area contributed by atoms with Crippen LogP contribution in [0.5, 0.6) is 11.5 Å². The highest BCUT2D eigenvalue weighted by atomic mass is 16.5. The van der Waals surface area contributed by atoms with Crippen molar-refractivity contribution in [3.8, 4) is 11.5 Å². The highest BCUT2D eigenvalue weighted by Gasteiger charge is 2.04. The molecule has 3 nitrogen and oxygen atoms in total. The maximum absolute atomic E-state index is 5.28. The molecule has 0 atom stereocenters. The summed E-state index contributed by atoms with van der Waals surface area (Å²) in [5, 5.41) is 3.37. The van der Waals surface area contributed by atoms with Crippen molar-refractivity contribution in [2.24, 2.45) is 5.92 Å². The van der Waals surface area contributed by atoms with Crippen LogP contribution < -0.4 is 14.8 Å². The van der Waals surface area contributed by atoms with Crippen molar-refractivity contribution in [1.29, 1.82) is 0 Å². The van der Waals surface area contributed by atoms with Crippen molar-refractivity contribution in [3.63, 3.8) is 0 Å². The molecule has 0 bridgehead atoms. The van der Waals surface area contributed by atoms with Crippen molar-refractivity contribution >= 4 is 5.69 Å². The van der Waals surface area contributed by atoms with Crippen molar-refractivity contribution < 1.29 is 9.47 Å². The Hall–Kier alpha value is -1.38. The first kappa shape index (κ1) is 12.7. The van der Waals surface area contributed by atoms with Gasteiger partial charge in [-0.15, -0.1) is 0 Å². The normalized spacial score (nSPS) is 10.3. The highest BCUT2D eigenvalue weighted by molar-refractivity contribution is 5.59. The zero-order valence-corrected chi connectivity index (χ0v) is 10.5. The molecule has 0 spiro atoms. The van der Waals surface area contributed by atoms with Gasteiger partial charge in [0.2, 0.25) is 0 Å². The van der Waals surface area contributed by atoms with Gasteiger partial charge in [-0.25, -0.2) is 0 Å². The van der Waals surface area contributed by atoms with Gasteiger partial charge in [0.15, 0.2) is 0 Å². The topological polar surface area (TPSA) is 30.5 Å². The van der Waals surface area contributed by atoms with E-state index in [4.69, 9.17) is 9.47 Å². The number of hydrogen-bond acceptors (Lipinski definition) is 3. The monoisotopic (exact) mass is 223 g/mol. The summed E-state index contributed by atoms with van der Waals surface area (Å²) in [6.07, 6.45) is 1.14. The van der Waals surface area contributed by atoms with Crippen molar-refractivity contribution in [3.05, 3.63) is 18.2 Å². The number of benzene rings is 1. The third kappa shape index (κ3) is 3.65. The van der Waals surface area contributed by atoms with Crippen LogP contribution in [-0.2, 0) is 0 Å². The number of hydrogen-bond donors (Lipinski definition) is 1. The lowest BCUT2D eigenvalue weighted by molar-refractivity contribution is 0.404. The largest absolute Gasteiger partial charge is 0.497 e. The van der Waals surface area contributed by atoms with E-state index in [1.807, 2.05) is 18.2 Å². The minimum atomic E-state index is 0.698. The van der Waals surface area contributed by atoms with Gasteiger partial charge in [0.1, 0.15) is 11.5 Å². The van der Waals surface area contributed by atoms with Crippen LogP contribution in [0.2, 0.25) is 0 Å². The van der Waals surface area contributed by atoms with Crippen LogP contribution in [0.25, 0.3) is 0 Å². The molecular formula is C13H21NO2. The van der Waals surface area contributed by atoms with Crippen molar-refractivity contribution in [1.82, 2.24) is 0 Å². The summed E-state index contributed by atoms with van der Waals surface area (Å²) in [7, 11) is 3.34. The van der Waals surface area contributed by atoms with Gasteiger partial charge in [-0.1, -0.05) is 13.8 Å². The summed E-state index contributed by atoms with van der Waals surface area (Å²) in [6, 6.07) is 5.77. The van der Waals surface area contributed by atoms with E-state index in [9.17, 15) is 0 Å². The van der Waals surface area contributed by atoms with Gasteiger partial charge in [-0.3, -0.25) is 0 Å². The van der Waals surface area contributed by atoms with Crippen LogP contribution in [0, 0.1) is 5.92 Å². The van der Waals surface area contributed by atoms with E-state index in [1.54, 1.807) is 14.2 Å². The summed E-state index contributed by atoms with van der Waals surface area (Å²) in [6.45, 7) is 5.37. The molecule has 3 heteroatoms. The zero-order chi connectivity index (χ0) is 12.0. The molecule has 0 fully saturated rings. The van der Waals surface area contributed by atoms with Gasteiger partial charge in [0, 0.05) is 12.6 Å². The average Bonchev–Trinajstić information content (AvgIpc) is 2.28. The number of methoxy groups -OCH3 is 2. The van der Waals surface area contributed by atoms with E-state index in [0.29, 0.717) is 5.92 Å². The number of rotatable bonds is 6. The first-order valence-electron chi connectivity index (χ1n) is 5.63. The highest BCUT2D eigenvalue weighted by Crippen LogP contribution is 2.28. The molecule has 0 saturated carbocycles. The standard InChI is InChI=1S/C13H21NO2/c1-10(2)7-8-14-12-9-11(15-3)5-6-13(12)16-4/h5-6,9-10,14H,7-8H2,1-4H3. The Bertz CT molecular complexity index is 324. The molecule has 0 unspecified atom stereocenters. The third-order valence-electron chi connectivity index (χ3n) is 2.44. The van der Waals surface area contributed by atoms with Gasteiger partial charge in [-0.2, -0.15) is 0 Å². The van der Waals surface area contributed by atoms with Gasteiger partial charge in [0.25, 0.3) is 0 Å². The summed E-state index contributed by atoms with van der Waals surface area (Å²) in [4.78, 5) is 0. The number of anilines is 1. The van der Waals surface area contributed by atoms with Crippen LogP contribution in [0.15, 0.2) is 18.2 Å². The smallest absolute Gasteiger partial charge is 0.142 e. The van der Waals surface area contributed by atoms with Crippen LogP contribution in [0.4, 0.5) is 5.69 Å². The molecule has 90 valence electrons. The second-order valence-electron chi connectivity index (χ2n) is 4.18. The fraction of sp³-hybridized carbons (Fsp3) is 0.538. The lowest BCUT2D eigenvalue weighted by Gasteiger charge is -2.13. The lowest BCUT2D eigenvalue weighted by Crippen LogP contribution is -2.06. The van der Waals surface area contributed by atoms with Crippen molar-refractivity contribution in [2.75, 3.05) is 26.1 Å². The predicted molar refractivity (Wildman–Crippen MR) is 67.5 cm³/mol. The lowest BCUT2D eigenvalue weighted by atomic mass is 10.1. The van der Waals surface area contributed by atoms with Gasteiger partial charge in [-0.05, 0) is 24.5 Å². The Morgan fingerprint density at radius 2 is 1.94 bits per heavy atom. The fourth-order valence-corrected chi connectivity index (χ4v) is 1.45. The SMILES string of the molecule is COc1ccc(OC)c(NCCC(C)C)c1. The third-order valence-corrected chi connectivity index (χ3v) is 2.44. The van der Waals surface area contributed by atoms with E-state index in [0.717, 1.165) is 30.2 Å². The minimum Gasteiger partial charge on any atom is -0.497 e. The first-order valence-corrected chi connectivity index (χ1v) is 5.63. The zero-order valence-electron chi connectivity index (χ0n) is 10.5. The molecule has 1 rings (SSSR count). The number of ether oxygens (including phenoxy) is 2. The van der Waals surface area contributed by atoms with E-state index in [-0.39, 0.29) is 0 Å². The second kappa shape index (κ2) is 6.26. The Kier molecular flexibility index (Phi) is 4.96. The van der Waals surface area contributed by atoms with Crippen molar-refractivity contribution in [2.45, 2.75) is 20.3 Å². The van der Waals surface area contributed by atoms with E-state index in [2.05, 4.69) is 19.2 Å². The number of nitrogens with one attached hydrogen (secondary N) is 1. The maximum atomic E-state index is 5.28. The first-order chi connectivity index (χ1) is 7.67. The molecule has 0 aliphatic rings. The molecule has 0 heterocycles. The van der Waals surface area contributed by atoms with Crippen LogP contribution in [0.1, 0.15) is 20.3 Å². The molecule has 0 radical (unpaired) electrons. The summed E-state index contributed by atoms with van der Waals surface area (Å²) in [5.41, 5.74) is 0.988. The van der Waals surface area contributed by atoms with Gasteiger partial charge < -0.3 is 14.8 Å². The molecule has 0 amide bonds. The molecule has 1 N–H and O–H groups in total. The van der Waals surface area contributed by atoms with Gasteiger partial charge in [0.05, 0.1) is 19.9 Å².